The first-order valence-corrected chi connectivity index (χ1v) is 5.80. The van der Waals surface area contributed by atoms with Crippen molar-refractivity contribution in [3.05, 3.63) is 29.8 Å². The normalized spacial score (nSPS) is 21.0. The Morgan fingerprint density at radius 3 is 2.53 bits per heavy atom. The lowest BCUT2D eigenvalue weighted by Gasteiger charge is -2.13. The number of hydrogen-bond acceptors (Lipinski definition) is 3. The van der Waals surface area contributed by atoms with Crippen LogP contribution in [0.2, 0.25) is 0 Å². The van der Waals surface area contributed by atoms with Gasteiger partial charge in [-0.2, -0.15) is 5.10 Å². The van der Waals surface area contributed by atoms with Gasteiger partial charge in [-0.15, -0.1) is 0 Å². The molecule has 4 nitrogen and oxygen atoms in total. The molecule has 0 fully saturated rings. The highest BCUT2D eigenvalue weighted by Gasteiger charge is 2.25. The molecule has 1 aliphatic rings. The highest BCUT2D eigenvalue weighted by atomic mass is 16.2. The predicted molar refractivity (Wildman–Crippen MR) is 68.9 cm³/mol. The molecule has 2 rings (SSSR count). The lowest BCUT2D eigenvalue weighted by atomic mass is 10.1. The van der Waals surface area contributed by atoms with E-state index in [1.54, 1.807) is 6.21 Å². The molecular weight excluding hydrogens is 214 g/mol. The zero-order valence-corrected chi connectivity index (χ0v) is 10.1. The molecule has 0 aliphatic carbocycles. The van der Waals surface area contributed by atoms with Crippen molar-refractivity contribution in [1.82, 2.24) is 0 Å². The SMILES string of the molecule is CC(N)Cc1ccc(N2N=CC(C)C2=O)cc1. The highest BCUT2D eigenvalue weighted by molar-refractivity contribution is 6.07. The molecule has 90 valence electrons. The van der Waals surface area contributed by atoms with Crippen LogP contribution in [-0.4, -0.2) is 18.2 Å². The van der Waals surface area contributed by atoms with Gasteiger partial charge in [0, 0.05) is 12.3 Å². The Morgan fingerprint density at radius 1 is 1.41 bits per heavy atom. The molecule has 2 N–H and O–H groups in total. The summed E-state index contributed by atoms with van der Waals surface area (Å²) >= 11 is 0. The third-order valence-electron chi connectivity index (χ3n) is 2.74. The Kier molecular flexibility index (Phi) is 3.24. The monoisotopic (exact) mass is 231 g/mol. The van der Waals surface area contributed by atoms with E-state index in [0.717, 1.165) is 12.1 Å². The van der Waals surface area contributed by atoms with Gasteiger partial charge < -0.3 is 5.73 Å². The van der Waals surface area contributed by atoms with Crippen molar-refractivity contribution in [1.29, 1.82) is 0 Å². The van der Waals surface area contributed by atoms with Crippen LogP contribution < -0.4 is 10.7 Å². The first-order valence-electron chi connectivity index (χ1n) is 5.80. The van der Waals surface area contributed by atoms with Crippen molar-refractivity contribution >= 4 is 17.8 Å². The second-order valence-electron chi connectivity index (χ2n) is 4.55. The molecular formula is C13H17N3O. The van der Waals surface area contributed by atoms with Crippen molar-refractivity contribution in [3.8, 4) is 0 Å². The number of amides is 1. The minimum absolute atomic E-state index is 0.0185. The lowest BCUT2D eigenvalue weighted by molar-refractivity contribution is -0.119. The Bertz CT molecular complexity index is 436. The van der Waals surface area contributed by atoms with E-state index in [9.17, 15) is 4.79 Å². The van der Waals surface area contributed by atoms with Gasteiger partial charge in [-0.1, -0.05) is 12.1 Å². The number of carbonyl (C=O) groups is 1. The molecule has 2 atom stereocenters. The molecule has 2 unspecified atom stereocenters. The second kappa shape index (κ2) is 4.67. The van der Waals surface area contributed by atoms with E-state index in [-0.39, 0.29) is 17.9 Å². The molecule has 0 bridgehead atoms. The van der Waals surface area contributed by atoms with Crippen molar-refractivity contribution in [2.45, 2.75) is 26.3 Å². The summed E-state index contributed by atoms with van der Waals surface area (Å²) in [5, 5.41) is 5.54. The number of benzene rings is 1. The Morgan fingerprint density at radius 2 is 2.06 bits per heavy atom. The van der Waals surface area contributed by atoms with E-state index in [2.05, 4.69) is 5.10 Å². The van der Waals surface area contributed by atoms with E-state index < -0.39 is 0 Å². The van der Waals surface area contributed by atoms with Gasteiger partial charge in [-0.05, 0) is 38.0 Å². The minimum atomic E-state index is -0.126. The maximum atomic E-state index is 11.7. The quantitative estimate of drug-likeness (QED) is 0.858. The van der Waals surface area contributed by atoms with Crippen molar-refractivity contribution in [2.75, 3.05) is 5.01 Å². The predicted octanol–water partition coefficient (Wildman–Crippen LogP) is 1.54. The topological polar surface area (TPSA) is 58.7 Å². The third kappa shape index (κ3) is 2.53. The van der Waals surface area contributed by atoms with Crippen molar-refractivity contribution in [2.24, 2.45) is 16.8 Å². The number of hydrogen-bond donors (Lipinski definition) is 1. The maximum absolute atomic E-state index is 11.7. The van der Waals surface area contributed by atoms with Crippen LogP contribution in [0.1, 0.15) is 19.4 Å². The second-order valence-corrected chi connectivity index (χ2v) is 4.55. The summed E-state index contributed by atoms with van der Waals surface area (Å²) in [6.45, 7) is 3.82. The highest BCUT2D eigenvalue weighted by Crippen LogP contribution is 2.21. The average Bonchev–Trinajstić information content (AvgIpc) is 2.60. The van der Waals surface area contributed by atoms with E-state index >= 15 is 0 Å². The third-order valence-corrected chi connectivity index (χ3v) is 2.74. The first-order chi connectivity index (χ1) is 8.08. The maximum Gasteiger partial charge on any atom is 0.255 e. The van der Waals surface area contributed by atoms with Crippen LogP contribution in [0, 0.1) is 5.92 Å². The summed E-state index contributed by atoms with van der Waals surface area (Å²) in [7, 11) is 0. The van der Waals surface area contributed by atoms with Gasteiger partial charge in [-0.25, -0.2) is 5.01 Å². The number of carbonyl (C=O) groups excluding carboxylic acids is 1. The van der Waals surface area contributed by atoms with Crippen LogP contribution in [-0.2, 0) is 11.2 Å². The van der Waals surface area contributed by atoms with E-state index in [1.165, 1.54) is 10.6 Å². The average molecular weight is 231 g/mol. The smallest absolute Gasteiger partial charge is 0.255 e. The summed E-state index contributed by atoms with van der Waals surface area (Å²) in [5.41, 5.74) is 7.72. The Hall–Kier alpha value is -1.68. The van der Waals surface area contributed by atoms with Crippen LogP contribution >= 0.6 is 0 Å². The van der Waals surface area contributed by atoms with Gasteiger partial charge >= 0.3 is 0 Å². The lowest BCUT2D eigenvalue weighted by Crippen LogP contribution is -2.24. The standard InChI is InChI=1S/C13H17N3O/c1-9-8-15-16(13(9)17)12-5-3-11(4-6-12)7-10(2)14/h3-6,8-10H,7,14H2,1-2H3. The Labute approximate surface area is 101 Å². The van der Waals surface area contributed by atoms with Gasteiger partial charge in [-0.3, -0.25) is 4.79 Å². The van der Waals surface area contributed by atoms with Crippen LogP contribution in [0.25, 0.3) is 0 Å². The summed E-state index contributed by atoms with van der Waals surface area (Å²) in [6.07, 6.45) is 2.51. The van der Waals surface area contributed by atoms with E-state index in [1.807, 2.05) is 38.1 Å². The van der Waals surface area contributed by atoms with Gasteiger partial charge in [0.05, 0.1) is 11.6 Å². The van der Waals surface area contributed by atoms with Crippen LogP contribution in [0.3, 0.4) is 0 Å². The fourth-order valence-electron chi connectivity index (χ4n) is 1.82. The van der Waals surface area contributed by atoms with E-state index in [0.29, 0.717) is 0 Å². The summed E-state index contributed by atoms with van der Waals surface area (Å²) in [5.74, 6) is -0.108. The molecule has 1 amide bonds. The molecule has 1 heterocycles. The fraction of sp³-hybridized carbons (Fsp3) is 0.385. The molecule has 1 aromatic carbocycles. The number of nitrogens with zero attached hydrogens (tertiary/aromatic N) is 2. The van der Waals surface area contributed by atoms with Crippen molar-refractivity contribution < 1.29 is 4.79 Å². The molecule has 17 heavy (non-hydrogen) atoms. The largest absolute Gasteiger partial charge is 0.328 e. The van der Waals surface area contributed by atoms with E-state index in [4.69, 9.17) is 5.73 Å². The fourth-order valence-corrected chi connectivity index (χ4v) is 1.82. The Balaban J connectivity index is 2.13. The zero-order chi connectivity index (χ0) is 12.4. The molecule has 4 heteroatoms. The van der Waals surface area contributed by atoms with Gasteiger partial charge in [0.2, 0.25) is 0 Å². The van der Waals surface area contributed by atoms with Gasteiger partial charge in [0.1, 0.15) is 0 Å². The molecule has 0 saturated heterocycles. The molecule has 0 radical (unpaired) electrons. The van der Waals surface area contributed by atoms with Crippen LogP contribution in [0.15, 0.2) is 29.4 Å². The first kappa shape index (κ1) is 11.8. The summed E-state index contributed by atoms with van der Waals surface area (Å²) in [4.78, 5) is 11.7. The molecule has 1 aromatic rings. The summed E-state index contributed by atoms with van der Waals surface area (Å²) < 4.78 is 0. The van der Waals surface area contributed by atoms with Crippen LogP contribution in [0.4, 0.5) is 5.69 Å². The number of anilines is 1. The molecule has 0 spiro atoms. The minimum Gasteiger partial charge on any atom is -0.328 e. The molecule has 0 aromatic heterocycles. The zero-order valence-electron chi connectivity index (χ0n) is 10.1. The number of nitrogens with two attached hydrogens (primary N) is 1. The number of rotatable bonds is 3. The molecule has 1 aliphatic heterocycles. The van der Waals surface area contributed by atoms with Gasteiger partial charge in [0.25, 0.3) is 5.91 Å². The number of hydrazone groups is 1. The van der Waals surface area contributed by atoms with Crippen LogP contribution in [0.5, 0.6) is 0 Å². The van der Waals surface area contributed by atoms with Crippen molar-refractivity contribution in [3.63, 3.8) is 0 Å². The molecule has 0 saturated carbocycles. The summed E-state index contributed by atoms with van der Waals surface area (Å²) in [6, 6.07) is 7.94. The van der Waals surface area contributed by atoms with Gasteiger partial charge in [0.15, 0.2) is 0 Å².